The fraction of sp³-hybridized carbons (Fsp3) is 0.312. The van der Waals surface area contributed by atoms with E-state index < -0.39 is 17.5 Å². The molecule has 25 heavy (non-hydrogen) atoms. The highest BCUT2D eigenvalue weighted by Crippen LogP contribution is 2.28. The molecule has 0 saturated carbocycles. The van der Waals surface area contributed by atoms with E-state index in [0.717, 1.165) is 0 Å². The van der Waals surface area contributed by atoms with Crippen molar-refractivity contribution in [1.82, 2.24) is 9.78 Å². The smallest absolute Gasteiger partial charge is 0.312 e. The van der Waals surface area contributed by atoms with Gasteiger partial charge in [0.25, 0.3) is 5.56 Å². The number of benzene rings is 1. The first-order valence-electron chi connectivity index (χ1n) is 7.54. The summed E-state index contributed by atoms with van der Waals surface area (Å²) in [6, 6.07) is 6.26. The van der Waals surface area contributed by atoms with Crippen molar-refractivity contribution in [2.24, 2.45) is 11.7 Å². The van der Waals surface area contributed by atoms with Crippen molar-refractivity contribution in [3.8, 4) is 5.69 Å². The van der Waals surface area contributed by atoms with Gasteiger partial charge in [-0.25, -0.2) is 0 Å². The molecule has 1 fully saturated rings. The van der Waals surface area contributed by atoms with Crippen LogP contribution in [0.15, 0.2) is 35.3 Å². The van der Waals surface area contributed by atoms with Gasteiger partial charge in [0.2, 0.25) is 0 Å². The summed E-state index contributed by atoms with van der Waals surface area (Å²) in [5, 5.41) is 4.75. The number of carbonyl (C=O) groups is 1. The Morgan fingerprint density at radius 2 is 1.96 bits per heavy atom. The number of carbonyl (C=O) groups excluding carboxylic acids is 1. The van der Waals surface area contributed by atoms with E-state index in [1.807, 2.05) is 0 Å². The summed E-state index contributed by atoms with van der Waals surface area (Å²) in [6.07, 6.45) is 1.49. The zero-order valence-corrected chi connectivity index (χ0v) is 14.9. The number of hydrogen-bond donors (Lipinski definition) is 1. The zero-order chi connectivity index (χ0) is 18.1. The molecular weight excluding hydrogens is 367 g/mol. The quantitative estimate of drug-likeness (QED) is 0.808. The minimum absolute atomic E-state index is 0.0164. The fourth-order valence-electron chi connectivity index (χ4n) is 2.84. The van der Waals surface area contributed by atoms with Crippen LogP contribution in [0.5, 0.6) is 0 Å². The van der Waals surface area contributed by atoms with Gasteiger partial charge in [0.15, 0.2) is 0 Å². The summed E-state index contributed by atoms with van der Waals surface area (Å²) in [7, 11) is 1.32. The lowest BCUT2D eigenvalue weighted by molar-refractivity contribution is -0.145. The van der Waals surface area contributed by atoms with E-state index in [2.05, 4.69) is 5.10 Å². The van der Waals surface area contributed by atoms with Gasteiger partial charge in [-0.15, -0.1) is 0 Å². The van der Waals surface area contributed by atoms with E-state index in [-0.39, 0.29) is 11.0 Å². The summed E-state index contributed by atoms with van der Waals surface area (Å²) < 4.78 is 5.95. The standard InChI is InChI=1S/C16H16Cl2N4O3/c1-25-16(24)11-7-21(8-12(11)19)13-6-20-22(15(23)14(13)18)10-4-2-9(17)3-5-10/h2-6,11-12H,7-8,19H2,1H3. The van der Waals surface area contributed by atoms with Crippen molar-refractivity contribution >= 4 is 34.9 Å². The van der Waals surface area contributed by atoms with E-state index in [1.54, 1.807) is 29.2 Å². The molecule has 1 aliphatic heterocycles. The van der Waals surface area contributed by atoms with E-state index >= 15 is 0 Å². The third-order valence-corrected chi connectivity index (χ3v) is 4.79. The van der Waals surface area contributed by atoms with Crippen LogP contribution in [0.3, 0.4) is 0 Å². The Balaban J connectivity index is 1.92. The van der Waals surface area contributed by atoms with Crippen LogP contribution in [0.25, 0.3) is 5.69 Å². The number of methoxy groups -OCH3 is 1. The first-order valence-corrected chi connectivity index (χ1v) is 8.30. The van der Waals surface area contributed by atoms with Gasteiger partial charge >= 0.3 is 5.97 Å². The monoisotopic (exact) mass is 382 g/mol. The second-order valence-electron chi connectivity index (χ2n) is 5.74. The number of halogens is 2. The molecule has 0 radical (unpaired) electrons. The summed E-state index contributed by atoms with van der Waals surface area (Å²) in [5.41, 5.74) is 6.54. The lowest BCUT2D eigenvalue weighted by atomic mass is 10.1. The maximum Gasteiger partial charge on any atom is 0.312 e. The first-order chi connectivity index (χ1) is 11.9. The molecule has 1 saturated heterocycles. The molecule has 2 heterocycles. The molecular formula is C16H16Cl2N4O3. The Morgan fingerprint density at radius 3 is 2.60 bits per heavy atom. The van der Waals surface area contributed by atoms with Gasteiger partial charge in [0.1, 0.15) is 5.02 Å². The van der Waals surface area contributed by atoms with Crippen molar-refractivity contribution in [3.05, 3.63) is 50.9 Å². The Labute approximate surface area is 153 Å². The number of nitrogens with zero attached hydrogens (tertiary/aromatic N) is 3. The number of hydrogen-bond acceptors (Lipinski definition) is 6. The van der Waals surface area contributed by atoms with Gasteiger partial charge in [-0.05, 0) is 24.3 Å². The molecule has 0 amide bonds. The van der Waals surface area contributed by atoms with E-state index in [0.29, 0.717) is 29.5 Å². The molecule has 0 spiro atoms. The minimum atomic E-state index is -0.472. The van der Waals surface area contributed by atoms with E-state index in [1.165, 1.54) is 18.0 Å². The lowest BCUT2D eigenvalue weighted by Gasteiger charge is -2.19. The van der Waals surface area contributed by atoms with Crippen LogP contribution in [0, 0.1) is 5.92 Å². The zero-order valence-electron chi connectivity index (χ0n) is 13.4. The number of anilines is 1. The molecule has 2 aromatic rings. The van der Waals surface area contributed by atoms with Crippen LogP contribution >= 0.6 is 23.2 Å². The topological polar surface area (TPSA) is 90.5 Å². The molecule has 2 unspecified atom stereocenters. The number of rotatable bonds is 3. The minimum Gasteiger partial charge on any atom is -0.469 e. The third-order valence-electron chi connectivity index (χ3n) is 4.18. The van der Waals surface area contributed by atoms with Crippen molar-refractivity contribution in [2.75, 3.05) is 25.1 Å². The molecule has 1 aliphatic rings. The maximum atomic E-state index is 12.6. The summed E-state index contributed by atoms with van der Waals surface area (Å²) in [5.74, 6) is -0.853. The second kappa shape index (κ2) is 7.03. The molecule has 7 nitrogen and oxygen atoms in total. The van der Waals surface area contributed by atoms with E-state index in [9.17, 15) is 9.59 Å². The number of nitrogens with two attached hydrogens (primary N) is 1. The molecule has 1 aromatic carbocycles. The summed E-state index contributed by atoms with van der Waals surface area (Å²) in [6.45, 7) is 0.700. The molecule has 1 aromatic heterocycles. The van der Waals surface area contributed by atoms with Crippen LogP contribution in [-0.2, 0) is 9.53 Å². The van der Waals surface area contributed by atoms with Crippen LogP contribution in [0.4, 0.5) is 5.69 Å². The molecule has 0 aliphatic carbocycles. The molecule has 2 atom stereocenters. The Bertz CT molecular complexity index is 853. The van der Waals surface area contributed by atoms with Gasteiger partial charge in [0, 0.05) is 24.2 Å². The summed E-state index contributed by atoms with van der Waals surface area (Å²) in [4.78, 5) is 26.1. The number of ether oxygens (including phenoxy) is 1. The number of aromatic nitrogens is 2. The van der Waals surface area contributed by atoms with Gasteiger partial charge in [0.05, 0.1) is 30.6 Å². The highest BCUT2D eigenvalue weighted by Gasteiger charge is 2.37. The molecule has 9 heteroatoms. The van der Waals surface area contributed by atoms with Gasteiger partial charge in [-0.3, -0.25) is 9.59 Å². The predicted molar refractivity (Wildman–Crippen MR) is 95.5 cm³/mol. The molecule has 3 rings (SSSR count). The van der Waals surface area contributed by atoms with Crippen LogP contribution in [-0.4, -0.2) is 42.0 Å². The predicted octanol–water partition coefficient (Wildman–Crippen LogP) is 1.48. The maximum absolute atomic E-state index is 12.6. The number of esters is 1. The Morgan fingerprint density at radius 1 is 1.28 bits per heavy atom. The van der Waals surface area contributed by atoms with E-state index in [4.69, 9.17) is 33.7 Å². The molecule has 2 N–H and O–H groups in total. The average molecular weight is 383 g/mol. The second-order valence-corrected chi connectivity index (χ2v) is 6.55. The normalized spacial score (nSPS) is 19.9. The van der Waals surface area contributed by atoms with Crippen LogP contribution in [0.2, 0.25) is 10.0 Å². The fourth-order valence-corrected chi connectivity index (χ4v) is 3.21. The summed E-state index contributed by atoms with van der Waals surface area (Å²) >= 11 is 12.1. The Hall–Kier alpha value is -2.09. The van der Waals surface area contributed by atoms with Crippen molar-refractivity contribution in [2.45, 2.75) is 6.04 Å². The Kier molecular flexibility index (Phi) is 4.99. The largest absolute Gasteiger partial charge is 0.469 e. The third kappa shape index (κ3) is 3.35. The van der Waals surface area contributed by atoms with Gasteiger partial charge < -0.3 is 15.4 Å². The molecule has 0 bridgehead atoms. The van der Waals surface area contributed by atoms with Crippen molar-refractivity contribution in [3.63, 3.8) is 0 Å². The van der Waals surface area contributed by atoms with Gasteiger partial charge in [-0.1, -0.05) is 23.2 Å². The SMILES string of the molecule is COC(=O)C1CN(c2cnn(-c3ccc(Cl)cc3)c(=O)c2Cl)CC1N. The lowest BCUT2D eigenvalue weighted by Crippen LogP contribution is -2.34. The van der Waals surface area contributed by atoms with Crippen LogP contribution < -0.4 is 16.2 Å². The first kappa shape index (κ1) is 17.7. The molecule has 132 valence electrons. The van der Waals surface area contributed by atoms with Crippen molar-refractivity contribution in [1.29, 1.82) is 0 Å². The highest BCUT2D eigenvalue weighted by molar-refractivity contribution is 6.33. The van der Waals surface area contributed by atoms with Crippen molar-refractivity contribution < 1.29 is 9.53 Å². The van der Waals surface area contributed by atoms with Crippen LogP contribution in [0.1, 0.15) is 0 Å². The average Bonchev–Trinajstić information content (AvgIpc) is 2.99. The highest BCUT2D eigenvalue weighted by atomic mass is 35.5. The van der Waals surface area contributed by atoms with Gasteiger partial charge in [-0.2, -0.15) is 9.78 Å².